The van der Waals surface area contributed by atoms with Crippen molar-refractivity contribution in [2.75, 3.05) is 13.9 Å². The summed E-state index contributed by atoms with van der Waals surface area (Å²) in [6.45, 7) is 0.202. The van der Waals surface area contributed by atoms with Crippen molar-refractivity contribution in [1.82, 2.24) is 0 Å². The van der Waals surface area contributed by atoms with Crippen LogP contribution in [-0.2, 0) is 4.74 Å². The molecular weight excluding hydrogens is 158 g/mol. The minimum absolute atomic E-state index is 0.202. The molecule has 4 heteroatoms. The summed E-state index contributed by atoms with van der Waals surface area (Å²) in [6.07, 6.45) is 0. The molecule has 0 radical (unpaired) electrons. The monoisotopic (exact) mass is 167 g/mol. The molecule has 0 fully saturated rings. The van der Waals surface area contributed by atoms with E-state index in [0.29, 0.717) is 11.4 Å². The largest absolute Gasteiger partial charge is 0.468 e. The molecule has 0 aromatic heterocycles. The zero-order chi connectivity index (χ0) is 8.81. The van der Waals surface area contributed by atoms with Crippen molar-refractivity contribution in [3.05, 3.63) is 29.2 Å². The van der Waals surface area contributed by atoms with E-state index in [2.05, 4.69) is 5.18 Å². The lowest BCUT2D eigenvalue weighted by molar-refractivity contribution is 0.0511. The van der Waals surface area contributed by atoms with Gasteiger partial charge in [-0.2, -0.15) is 0 Å². The number of hydrogen-bond acceptors (Lipinski definition) is 4. The van der Waals surface area contributed by atoms with Crippen LogP contribution in [0.5, 0.6) is 5.75 Å². The highest BCUT2D eigenvalue weighted by Gasteiger charge is 1.93. The van der Waals surface area contributed by atoms with E-state index in [1.807, 2.05) is 0 Å². The molecule has 0 aliphatic heterocycles. The van der Waals surface area contributed by atoms with E-state index in [9.17, 15) is 4.91 Å². The fraction of sp³-hybridized carbons (Fsp3) is 0.250. The van der Waals surface area contributed by atoms with Crippen LogP contribution >= 0.6 is 0 Å². The summed E-state index contributed by atoms with van der Waals surface area (Å²) >= 11 is 0. The van der Waals surface area contributed by atoms with Crippen molar-refractivity contribution in [3.8, 4) is 5.75 Å². The number of nitroso groups, excluding NO2 is 1. The fourth-order valence-corrected chi connectivity index (χ4v) is 0.730. The summed E-state index contributed by atoms with van der Waals surface area (Å²) in [5, 5.41) is 2.76. The van der Waals surface area contributed by atoms with Gasteiger partial charge in [-0.05, 0) is 29.4 Å². The average molecular weight is 167 g/mol. The standard InChI is InChI=1S/C8H9NO3/c1-11-6-12-8-4-2-7(9-10)3-5-8/h2-5H,6H2,1H3. The Hall–Kier alpha value is -1.42. The van der Waals surface area contributed by atoms with Crippen LogP contribution in [0.2, 0.25) is 0 Å². The molecule has 0 N–H and O–H groups in total. The van der Waals surface area contributed by atoms with E-state index in [1.165, 1.54) is 0 Å². The molecule has 64 valence electrons. The van der Waals surface area contributed by atoms with Crippen LogP contribution in [0.25, 0.3) is 0 Å². The predicted octanol–water partition coefficient (Wildman–Crippen LogP) is 2.07. The lowest BCUT2D eigenvalue weighted by atomic mass is 10.3. The molecule has 0 unspecified atom stereocenters. The molecule has 0 atom stereocenters. The van der Waals surface area contributed by atoms with Crippen molar-refractivity contribution in [2.45, 2.75) is 0 Å². The molecule has 0 aliphatic rings. The summed E-state index contributed by atoms with van der Waals surface area (Å²) in [6, 6.07) is 6.49. The Labute approximate surface area is 70.1 Å². The van der Waals surface area contributed by atoms with Gasteiger partial charge in [-0.15, -0.1) is 4.91 Å². The summed E-state index contributed by atoms with van der Waals surface area (Å²) in [5.74, 6) is 0.657. The Morgan fingerprint density at radius 2 is 2.00 bits per heavy atom. The quantitative estimate of drug-likeness (QED) is 0.509. The third-order valence-electron chi connectivity index (χ3n) is 1.29. The maximum Gasteiger partial charge on any atom is 0.188 e. The summed E-state index contributed by atoms with van der Waals surface area (Å²) in [5.41, 5.74) is 0.389. The van der Waals surface area contributed by atoms with Gasteiger partial charge in [0.1, 0.15) is 11.4 Å². The lowest BCUT2D eigenvalue weighted by Gasteiger charge is -2.02. The first-order valence-corrected chi connectivity index (χ1v) is 3.42. The van der Waals surface area contributed by atoms with Gasteiger partial charge in [0.25, 0.3) is 0 Å². The molecule has 1 aromatic carbocycles. The van der Waals surface area contributed by atoms with E-state index in [4.69, 9.17) is 9.47 Å². The van der Waals surface area contributed by atoms with Gasteiger partial charge in [0, 0.05) is 7.11 Å². The second kappa shape index (κ2) is 4.46. The molecule has 0 aliphatic carbocycles. The van der Waals surface area contributed by atoms with Gasteiger partial charge in [0.2, 0.25) is 0 Å². The molecule has 0 spiro atoms. The Kier molecular flexibility index (Phi) is 3.22. The first kappa shape index (κ1) is 8.67. The van der Waals surface area contributed by atoms with Gasteiger partial charge in [-0.3, -0.25) is 0 Å². The highest BCUT2D eigenvalue weighted by Crippen LogP contribution is 2.17. The SMILES string of the molecule is COCOc1ccc(N=O)cc1. The van der Waals surface area contributed by atoms with E-state index in [1.54, 1.807) is 31.4 Å². The Balaban J connectivity index is 2.58. The number of ether oxygens (including phenoxy) is 2. The minimum Gasteiger partial charge on any atom is -0.468 e. The second-order valence-electron chi connectivity index (χ2n) is 2.14. The maximum atomic E-state index is 10.0. The molecule has 12 heavy (non-hydrogen) atoms. The third-order valence-corrected chi connectivity index (χ3v) is 1.29. The van der Waals surface area contributed by atoms with Crippen LogP contribution < -0.4 is 4.74 Å². The smallest absolute Gasteiger partial charge is 0.188 e. The minimum atomic E-state index is 0.202. The van der Waals surface area contributed by atoms with Crippen molar-refractivity contribution < 1.29 is 9.47 Å². The van der Waals surface area contributed by atoms with Crippen LogP contribution in [0.1, 0.15) is 0 Å². The van der Waals surface area contributed by atoms with Gasteiger partial charge in [-0.25, -0.2) is 0 Å². The van der Waals surface area contributed by atoms with E-state index in [-0.39, 0.29) is 6.79 Å². The zero-order valence-electron chi connectivity index (χ0n) is 6.69. The van der Waals surface area contributed by atoms with Crippen molar-refractivity contribution in [1.29, 1.82) is 0 Å². The maximum absolute atomic E-state index is 10.0. The van der Waals surface area contributed by atoms with E-state index >= 15 is 0 Å². The van der Waals surface area contributed by atoms with Crippen LogP contribution in [-0.4, -0.2) is 13.9 Å². The van der Waals surface area contributed by atoms with Crippen LogP contribution in [0.15, 0.2) is 29.4 Å². The average Bonchev–Trinajstić information content (AvgIpc) is 2.15. The predicted molar refractivity (Wildman–Crippen MR) is 44.4 cm³/mol. The topological polar surface area (TPSA) is 47.9 Å². The molecule has 0 bridgehead atoms. The van der Waals surface area contributed by atoms with E-state index < -0.39 is 0 Å². The molecule has 1 aromatic rings. The van der Waals surface area contributed by atoms with Gasteiger partial charge in [0.05, 0.1) is 0 Å². The van der Waals surface area contributed by atoms with Gasteiger partial charge >= 0.3 is 0 Å². The first-order chi connectivity index (χ1) is 5.86. The fourth-order valence-electron chi connectivity index (χ4n) is 0.730. The first-order valence-electron chi connectivity index (χ1n) is 3.42. The van der Waals surface area contributed by atoms with Gasteiger partial charge in [0.15, 0.2) is 6.79 Å². The number of nitrogens with zero attached hydrogens (tertiary/aromatic N) is 1. The summed E-state index contributed by atoms with van der Waals surface area (Å²) in [4.78, 5) is 10.0. The van der Waals surface area contributed by atoms with Crippen molar-refractivity contribution in [2.24, 2.45) is 5.18 Å². The Bertz CT molecular complexity index is 245. The van der Waals surface area contributed by atoms with Crippen molar-refractivity contribution >= 4 is 5.69 Å². The second-order valence-corrected chi connectivity index (χ2v) is 2.14. The number of rotatable bonds is 4. The molecule has 4 nitrogen and oxygen atoms in total. The highest BCUT2D eigenvalue weighted by molar-refractivity contribution is 5.40. The van der Waals surface area contributed by atoms with Gasteiger partial charge < -0.3 is 9.47 Å². The zero-order valence-corrected chi connectivity index (χ0v) is 6.69. The summed E-state index contributed by atoms with van der Waals surface area (Å²) < 4.78 is 9.78. The third kappa shape index (κ3) is 2.32. The number of methoxy groups -OCH3 is 1. The molecule has 0 heterocycles. The molecule has 0 amide bonds. The van der Waals surface area contributed by atoms with Gasteiger partial charge in [-0.1, -0.05) is 0 Å². The van der Waals surface area contributed by atoms with Crippen molar-refractivity contribution in [3.63, 3.8) is 0 Å². The molecule has 1 rings (SSSR count). The molecule has 0 saturated heterocycles. The Morgan fingerprint density at radius 1 is 1.33 bits per heavy atom. The lowest BCUT2D eigenvalue weighted by Crippen LogP contribution is -1.97. The normalized spacial score (nSPS) is 9.42. The summed E-state index contributed by atoms with van der Waals surface area (Å²) in [7, 11) is 1.54. The molecular formula is C8H9NO3. The van der Waals surface area contributed by atoms with E-state index in [0.717, 1.165) is 0 Å². The molecule has 0 saturated carbocycles. The van der Waals surface area contributed by atoms with Crippen LogP contribution in [0.3, 0.4) is 0 Å². The van der Waals surface area contributed by atoms with Crippen LogP contribution in [0.4, 0.5) is 5.69 Å². The number of hydrogen-bond donors (Lipinski definition) is 0. The number of benzene rings is 1. The van der Waals surface area contributed by atoms with Crippen LogP contribution in [0, 0.1) is 4.91 Å². The highest BCUT2D eigenvalue weighted by atomic mass is 16.7. The Morgan fingerprint density at radius 3 is 2.50 bits per heavy atom.